The van der Waals surface area contributed by atoms with Gasteiger partial charge in [0.05, 0.1) is 11.4 Å². The number of carbonyl (C=O) groups excluding carboxylic acids is 3. The molecule has 0 aliphatic carbocycles. The Morgan fingerprint density at radius 2 is 2.00 bits per heavy atom. The van der Waals surface area contributed by atoms with Crippen molar-refractivity contribution in [1.29, 1.82) is 5.26 Å². The highest BCUT2D eigenvalue weighted by atomic mass is 16.2. The molecule has 8 nitrogen and oxygen atoms in total. The van der Waals surface area contributed by atoms with E-state index in [1.54, 1.807) is 0 Å². The number of nitriles is 1. The Morgan fingerprint density at radius 3 is 2.59 bits per heavy atom. The van der Waals surface area contributed by atoms with Crippen LogP contribution < -0.4 is 5.32 Å². The molecular weight excluding hydrogens is 370 g/mol. The van der Waals surface area contributed by atoms with Gasteiger partial charge in [0, 0.05) is 13.3 Å². The van der Waals surface area contributed by atoms with Crippen molar-refractivity contribution < 1.29 is 14.4 Å². The average molecular weight is 391 g/mol. The highest BCUT2D eigenvalue weighted by Crippen LogP contribution is 2.25. The normalized spacial score (nSPS) is 15.6. The molecular formula is C21H21N5O3. The molecule has 0 bridgehead atoms. The Labute approximate surface area is 168 Å². The van der Waals surface area contributed by atoms with Gasteiger partial charge in [0.2, 0.25) is 11.8 Å². The first kappa shape index (κ1) is 20.0. The molecule has 8 heteroatoms. The van der Waals surface area contributed by atoms with Crippen LogP contribution in [-0.4, -0.2) is 38.7 Å². The summed E-state index contributed by atoms with van der Waals surface area (Å²) in [5.74, 6) is -1.08. The van der Waals surface area contributed by atoms with Gasteiger partial charge in [0.15, 0.2) is 6.19 Å². The lowest BCUT2D eigenvalue weighted by Crippen LogP contribution is -2.51. The molecule has 0 spiro atoms. The number of hydrogen-bond acceptors (Lipinski definition) is 5. The summed E-state index contributed by atoms with van der Waals surface area (Å²) in [6.45, 7) is 4.76. The SMILES string of the molecule is CC(=O)N1CC(=O)NC(=Cc2nc(Cc3ccccc3)n(C#N)c2C(C)C)C1=O. The van der Waals surface area contributed by atoms with E-state index in [1.165, 1.54) is 17.6 Å². The van der Waals surface area contributed by atoms with E-state index in [2.05, 4.69) is 16.5 Å². The number of imide groups is 1. The quantitative estimate of drug-likeness (QED) is 0.799. The van der Waals surface area contributed by atoms with Gasteiger partial charge in [0.25, 0.3) is 5.91 Å². The van der Waals surface area contributed by atoms with Crippen molar-refractivity contribution in [2.45, 2.75) is 33.1 Å². The van der Waals surface area contributed by atoms with E-state index in [0.29, 0.717) is 23.6 Å². The first-order valence-corrected chi connectivity index (χ1v) is 9.21. The highest BCUT2D eigenvalue weighted by molar-refractivity contribution is 6.12. The molecule has 2 aromatic rings. The zero-order valence-corrected chi connectivity index (χ0v) is 16.5. The van der Waals surface area contributed by atoms with Crippen LogP contribution in [0.15, 0.2) is 36.0 Å². The van der Waals surface area contributed by atoms with Gasteiger partial charge < -0.3 is 5.32 Å². The lowest BCUT2D eigenvalue weighted by molar-refractivity contribution is -0.147. The first-order chi connectivity index (χ1) is 13.8. The van der Waals surface area contributed by atoms with Crippen LogP contribution >= 0.6 is 0 Å². The van der Waals surface area contributed by atoms with Crippen LogP contribution in [0.2, 0.25) is 0 Å². The molecule has 3 rings (SSSR count). The molecule has 1 aliphatic heterocycles. The second-order valence-corrected chi connectivity index (χ2v) is 7.07. The maximum atomic E-state index is 12.6. The van der Waals surface area contributed by atoms with Crippen LogP contribution in [0.1, 0.15) is 49.5 Å². The summed E-state index contributed by atoms with van der Waals surface area (Å²) in [6.07, 6.45) is 4.04. The Kier molecular flexibility index (Phi) is 5.59. The summed E-state index contributed by atoms with van der Waals surface area (Å²) in [6, 6.07) is 9.62. The fraction of sp³-hybridized carbons (Fsp3) is 0.286. The molecule has 1 aliphatic rings. The number of piperazine rings is 1. The number of imidazole rings is 1. The lowest BCUT2D eigenvalue weighted by atomic mass is 10.1. The van der Waals surface area contributed by atoms with Crippen LogP contribution in [0.3, 0.4) is 0 Å². The van der Waals surface area contributed by atoms with Crippen LogP contribution in [0, 0.1) is 11.5 Å². The third-order valence-electron chi connectivity index (χ3n) is 4.58. The number of benzene rings is 1. The van der Waals surface area contributed by atoms with Gasteiger partial charge in [-0.3, -0.25) is 19.3 Å². The molecule has 0 unspecified atom stereocenters. The molecule has 0 atom stereocenters. The molecule has 1 aromatic heterocycles. The smallest absolute Gasteiger partial charge is 0.277 e. The van der Waals surface area contributed by atoms with Crippen LogP contribution in [0.25, 0.3) is 6.08 Å². The zero-order valence-electron chi connectivity index (χ0n) is 16.5. The molecule has 1 fully saturated rings. The third-order valence-corrected chi connectivity index (χ3v) is 4.58. The minimum atomic E-state index is -0.595. The van der Waals surface area contributed by atoms with E-state index >= 15 is 0 Å². The van der Waals surface area contributed by atoms with Crippen molar-refractivity contribution in [3.05, 3.63) is 58.8 Å². The number of amides is 3. The van der Waals surface area contributed by atoms with Crippen molar-refractivity contribution in [3.8, 4) is 6.19 Å². The van der Waals surface area contributed by atoms with Crippen LogP contribution in [-0.2, 0) is 20.8 Å². The number of carbonyl (C=O) groups is 3. The minimum Gasteiger partial charge on any atom is -0.320 e. The summed E-state index contributed by atoms with van der Waals surface area (Å²) >= 11 is 0. The van der Waals surface area contributed by atoms with Crippen LogP contribution in [0.4, 0.5) is 0 Å². The topological polar surface area (TPSA) is 108 Å². The van der Waals surface area contributed by atoms with Crippen LogP contribution in [0.5, 0.6) is 0 Å². The Balaban J connectivity index is 2.08. The van der Waals surface area contributed by atoms with E-state index in [-0.39, 0.29) is 18.2 Å². The van der Waals surface area contributed by atoms with Gasteiger partial charge in [-0.15, -0.1) is 0 Å². The van der Waals surface area contributed by atoms with Crippen molar-refractivity contribution in [2.75, 3.05) is 6.54 Å². The largest absolute Gasteiger partial charge is 0.320 e. The second-order valence-electron chi connectivity index (χ2n) is 7.07. The zero-order chi connectivity index (χ0) is 21.1. The second kappa shape index (κ2) is 8.10. The molecule has 1 N–H and O–H groups in total. The monoisotopic (exact) mass is 391 g/mol. The predicted molar refractivity (Wildman–Crippen MR) is 105 cm³/mol. The molecule has 2 heterocycles. The van der Waals surface area contributed by atoms with Crippen molar-refractivity contribution >= 4 is 23.8 Å². The van der Waals surface area contributed by atoms with E-state index < -0.39 is 17.7 Å². The molecule has 1 aromatic carbocycles. The fourth-order valence-electron chi connectivity index (χ4n) is 3.26. The highest BCUT2D eigenvalue weighted by Gasteiger charge is 2.31. The number of nitrogens with one attached hydrogen (secondary N) is 1. The Hall–Kier alpha value is -3.73. The van der Waals surface area contributed by atoms with Crippen molar-refractivity contribution in [3.63, 3.8) is 0 Å². The number of aromatic nitrogens is 2. The summed E-state index contributed by atoms with van der Waals surface area (Å²) in [5.41, 5.74) is 2.01. The van der Waals surface area contributed by atoms with Gasteiger partial charge >= 0.3 is 0 Å². The number of nitrogens with zero attached hydrogens (tertiary/aromatic N) is 4. The van der Waals surface area contributed by atoms with E-state index in [1.807, 2.05) is 44.2 Å². The van der Waals surface area contributed by atoms with Gasteiger partial charge in [-0.2, -0.15) is 5.26 Å². The maximum Gasteiger partial charge on any atom is 0.277 e. The lowest BCUT2D eigenvalue weighted by Gasteiger charge is -2.25. The first-order valence-electron chi connectivity index (χ1n) is 9.21. The van der Waals surface area contributed by atoms with Crippen molar-refractivity contribution in [2.24, 2.45) is 0 Å². The maximum absolute atomic E-state index is 12.6. The van der Waals surface area contributed by atoms with Crippen molar-refractivity contribution in [1.82, 2.24) is 19.8 Å². The van der Waals surface area contributed by atoms with Gasteiger partial charge in [0.1, 0.15) is 18.1 Å². The fourth-order valence-corrected chi connectivity index (χ4v) is 3.26. The Morgan fingerprint density at radius 1 is 1.31 bits per heavy atom. The standard InChI is InChI=1S/C21H21N5O3/c1-13(2)20-16(10-17-21(29)25(14(3)27)11-19(28)24-17)23-18(26(20)12-22)9-15-7-5-4-6-8-15/h4-8,10,13H,9,11H2,1-3H3,(H,24,28). The molecule has 3 amide bonds. The third kappa shape index (κ3) is 4.09. The predicted octanol–water partition coefficient (Wildman–Crippen LogP) is 1.77. The van der Waals surface area contributed by atoms with Gasteiger partial charge in [-0.1, -0.05) is 44.2 Å². The number of hydrogen-bond donors (Lipinski definition) is 1. The summed E-state index contributed by atoms with van der Waals surface area (Å²) in [7, 11) is 0. The summed E-state index contributed by atoms with van der Waals surface area (Å²) in [4.78, 5) is 41.6. The number of rotatable bonds is 4. The average Bonchev–Trinajstić information content (AvgIpc) is 3.02. The van der Waals surface area contributed by atoms with E-state index in [4.69, 9.17) is 0 Å². The molecule has 0 saturated carbocycles. The van der Waals surface area contributed by atoms with Gasteiger partial charge in [-0.25, -0.2) is 9.55 Å². The molecule has 0 radical (unpaired) electrons. The molecule has 29 heavy (non-hydrogen) atoms. The summed E-state index contributed by atoms with van der Waals surface area (Å²) in [5, 5.41) is 12.2. The van der Waals surface area contributed by atoms with E-state index in [0.717, 1.165) is 10.5 Å². The minimum absolute atomic E-state index is 0.0350. The van der Waals surface area contributed by atoms with E-state index in [9.17, 15) is 19.6 Å². The molecule has 1 saturated heterocycles. The molecule has 148 valence electrons. The van der Waals surface area contributed by atoms with Gasteiger partial charge in [-0.05, 0) is 17.6 Å². The Bertz CT molecular complexity index is 1040. The summed E-state index contributed by atoms with van der Waals surface area (Å²) < 4.78 is 1.46.